The molecule has 2 rings (SSSR count). The topological polar surface area (TPSA) is 20.2 Å². The lowest BCUT2D eigenvalue weighted by Gasteiger charge is -2.43. The van der Waals surface area contributed by atoms with Gasteiger partial charge in [0.1, 0.15) is 0 Å². The van der Waals surface area contributed by atoms with Crippen molar-refractivity contribution in [2.45, 2.75) is 64.1 Å². The van der Waals surface area contributed by atoms with Crippen molar-refractivity contribution in [3.63, 3.8) is 0 Å². The Balaban J connectivity index is 1.83. The van der Waals surface area contributed by atoms with Crippen molar-refractivity contribution in [1.29, 1.82) is 0 Å². The standard InChI is InChI=1S/C17H31N3/c1-4-11-20-12-8-16(14-20)13-18-15-17(19(2)3)9-6-5-7-10-17/h8,12,14,18H,4-7,9-11,13,15H2,1-3H3. The van der Waals surface area contributed by atoms with E-state index in [4.69, 9.17) is 0 Å². The van der Waals surface area contributed by atoms with Crippen LogP contribution < -0.4 is 5.32 Å². The molecule has 1 heterocycles. The summed E-state index contributed by atoms with van der Waals surface area (Å²) in [6.07, 6.45) is 12.5. The molecule has 0 amide bonds. The highest BCUT2D eigenvalue weighted by molar-refractivity contribution is 5.10. The van der Waals surface area contributed by atoms with E-state index in [0.717, 1.165) is 19.6 Å². The van der Waals surface area contributed by atoms with Crippen LogP contribution in [0.4, 0.5) is 0 Å². The summed E-state index contributed by atoms with van der Waals surface area (Å²) in [5.41, 5.74) is 1.78. The van der Waals surface area contributed by atoms with Gasteiger partial charge in [-0.05, 0) is 45.0 Å². The van der Waals surface area contributed by atoms with E-state index in [9.17, 15) is 0 Å². The summed E-state index contributed by atoms with van der Waals surface area (Å²) in [5, 5.41) is 3.69. The maximum atomic E-state index is 3.69. The van der Waals surface area contributed by atoms with Crippen molar-refractivity contribution >= 4 is 0 Å². The van der Waals surface area contributed by atoms with Crippen LogP contribution >= 0.6 is 0 Å². The maximum absolute atomic E-state index is 3.69. The van der Waals surface area contributed by atoms with E-state index in [1.54, 1.807) is 0 Å². The number of hydrogen-bond acceptors (Lipinski definition) is 2. The van der Waals surface area contributed by atoms with E-state index in [-0.39, 0.29) is 0 Å². The van der Waals surface area contributed by atoms with Crippen LogP contribution in [0, 0.1) is 0 Å². The predicted molar refractivity (Wildman–Crippen MR) is 85.9 cm³/mol. The molecule has 3 nitrogen and oxygen atoms in total. The van der Waals surface area contributed by atoms with Crippen molar-refractivity contribution in [2.75, 3.05) is 20.6 Å². The molecule has 0 bridgehead atoms. The summed E-state index contributed by atoms with van der Waals surface area (Å²) in [5.74, 6) is 0. The Hall–Kier alpha value is -0.800. The molecule has 114 valence electrons. The van der Waals surface area contributed by atoms with Gasteiger partial charge in [-0.3, -0.25) is 0 Å². The highest BCUT2D eigenvalue weighted by atomic mass is 15.2. The van der Waals surface area contributed by atoms with Gasteiger partial charge in [0.15, 0.2) is 0 Å². The smallest absolute Gasteiger partial charge is 0.0328 e. The zero-order chi connectivity index (χ0) is 14.4. The highest BCUT2D eigenvalue weighted by Crippen LogP contribution is 2.31. The second kappa shape index (κ2) is 7.28. The van der Waals surface area contributed by atoms with Crippen LogP contribution in [0.3, 0.4) is 0 Å². The fourth-order valence-electron chi connectivity index (χ4n) is 3.42. The van der Waals surface area contributed by atoms with Crippen molar-refractivity contribution in [2.24, 2.45) is 0 Å². The van der Waals surface area contributed by atoms with E-state index < -0.39 is 0 Å². The molecule has 20 heavy (non-hydrogen) atoms. The predicted octanol–water partition coefficient (Wildman–Crippen LogP) is 3.25. The van der Waals surface area contributed by atoms with E-state index in [0.29, 0.717) is 5.54 Å². The number of rotatable bonds is 7. The monoisotopic (exact) mass is 277 g/mol. The summed E-state index contributed by atoms with van der Waals surface area (Å²) in [7, 11) is 4.48. The van der Waals surface area contributed by atoms with Gasteiger partial charge in [0.05, 0.1) is 0 Å². The first kappa shape index (κ1) is 15.6. The molecule has 1 aromatic rings. The van der Waals surface area contributed by atoms with E-state index >= 15 is 0 Å². The third kappa shape index (κ3) is 3.86. The van der Waals surface area contributed by atoms with Gasteiger partial charge in [-0.2, -0.15) is 0 Å². The Labute approximate surface area is 124 Å². The van der Waals surface area contributed by atoms with Crippen LogP contribution in [0.1, 0.15) is 51.0 Å². The second-order valence-corrected chi connectivity index (χ2v) is 6.54. The third-order valence-corrected chi connectivity index (χ3v) is 4.81. The maximum Gasteiger partial charge on any atom is 0.0328 e. The van der Waals surface area contributed by atoms with E-state index in [1.807, 2.05) is 0 Å². The molecule has 1 N–H and O–H groups in total. The molecule has 0 aromatic carbocycles. The summed E-state index contributed by atoms with van der Waals surface area (Å²) < 4.78 is 2.29. The van der Waals surface area contributed by atoms with Crippen LogP contribution in [-0.4, -0.2) is 35.6 Å². The molecule has 1 saturated carbocycles. The summed E-state index contributed by atoms with van der Waals surface area (Å²) in [4.78, 5) is 2.45. The van der Waals surface area contributed by atoms with Gasteiger partial charge in [-0.15, -0.1) is 0 Å². The number of aryl methyl sites for hydroxylation is 1. The molecule has 1 aliphatic carbocycles. The van der Waals surface area contributed by atoms with Crippen LogP contribution in [0.5, 0.6) is 0 Å². The molecule has 0 spiro atoms. The van der Waals surface area contributed by atoms with Gasteiger partial charge < -0.3 is 14.8 Å². The van der Waals surface area contributed by atoms with Crippen LogP contribution in [0.2, 0.25) is 0 Å². The van der Waals surface area contributed by atoms with Gasteiger partial charge in [-0.25, -0.2) is 0 Å². The van der Waals surface area contributed by atoms with Gasteiger partial charge in [-0.1, -0.05) is 26.2 Å². The van der Waals surface area contributed by atoms with Crippen LogP contribution in [0.25, 0.3) is 0 Å². The quantitative estimate of drug-likeness (QED) is 0.825. The molecule has 1 aliphatic rings. The zero-order valence-corrected chi connectivity index (χ0v) is 13.5. The average molecular weight is 277 g/mol. The Morgan fingerprint density at radius 3 is 2.65 bits per heavy atom. The first-order valence-electron chi connectivity index (χ1n) is 8.19. The van der Waals surface area contributed by atoms with Crippen molar-refractivity contribution < 1.29 is 0 Å². The summed E-state index contributed by atoms with van der Waals surface area (Å²) in [6.45, 7) is 5.45. The Morgan fingerprint density at radius 1 is 1.25 bits per heavy atom. The normalized spacial score (nSPS) is 18.6. The summed E-state index contributed by atoms with van der Waals surface area (Å²) >= 11 is 0. The fraction of sp³-hybridized carbons (Fsp3) is 0.765. The van der Waals surface area contributed by atoms with E-state index in [1.165, 1.54) is 44.1 Å². The lowest BCUT2D eigenvalue weighted by molar-refractivity contribution is 0.0984. The van der Waals surface area contributed by atoms with Gasteiger partial charge in [0, 0.05) is 37.6 Å². The average Bonchev–Trinajstić information content (AvgIpc) is 2.88. The molecule has 0 aliphatic heterocycles. The molecular formula is C17H31N3. The van der Waals surface area contributed by atoms with Crippen molar-refractivity contribution in [3.05, 3.63) is 24.0 Å². The van der Waals surface area contributed by atoms with Crippen LogP contribution in [-0.2, 0) is 13.1 Å². The number of nitrogens with one attached hydrogen (secondary N) is 1. The SMILES string of the molecule is CCCn1ccc(CNCC2(N(C)C)CCCCC2)c1. The van der Waals surface area contributed by atoms with Gasteiger partial charge in [0.25, 0.3) is 0 Å². The highest BCUT2D eigenvalue weighted by Gasteiger charge is 2.33. The van der Waals surface area contributed by atoms with Gasteiger partial charge >= 0.3 is 0 Å². The molecular weight excluding hydrogens is 246 g/mol. The Kier molecular flexibility index (Phi) is 5.67. The number of nitrogens with zero attached hydrogens (tertiary/aromatic N) is 2. The molecule has 1 aromatic heterocycles. The van der Waals surface area contributed by atoms with E-state index in [2.05, 4.69) is 54.3 Å². The third-order valence-electron chi connectivity index (χ3n) is 4.81. The van der Waals surface area contributed by atoms with Crippen LogP contribution in [0.15, 0.2) is 18.5 Å². The lowest BCUT2D eigenvalue weighted by Crippen LogP contribution is -2.52. The minimum absolute atomic E-state index is 0.379. The molecule has 0 radical (unpaired) electrons. The number of hydrogen-bond donors (Lipinski definition) is 1. The lowest BCUT2D eigenvalue weighted by atomic mass is 9.80. The van der Waals surface area contributed by atoms with Gasteiger partial charge in [0.2, 0.25) is 0 Å². The Bertz CT molecular complexity index is 389. The first-order valence-corrected chi connectivity index (χ1v) is 8.19. The second-order valence-electron chi connectivity index (χ2n) is 6.54. The Morgan fingerprint density at radius 2 is 2.00 bits per heavy atom. The van der Waals surface area contributed by atoms with Crippen molar-refractivity contribution in [1.82, 2.24) is 14.8 Å². The van der Waals surface area contributed by atoms with Crippen molar-refractivity contribution in [3.8, 4) is 0 Å². The molecule has 0 unspecified atom stereocenters. The molecule has 0 atom stereocenters. The number of aromatic nitrogens is 1. The first-order chi connectivity index (χ1) is 9.66. The largest absolute Gasteiger partial charge is 0.354 e. The summed E-state index contributed by atoms with van der Waals surface area (Å²) in [6, 6.07) is 2.24. The molecule has 3 heteroatoms. The number of likely N-dealkylation sites (N-methyl/N-ethyl adjacent to an activating group) is 1. The fourth-order valence-corrected chi connectivity index (χ4v) is 3.42. The zero-order valence-electron chi connectivity index (χ0n) is 13.5. The molecule has 0 saturated heterocycles. The minimum atomic E-state index is 0.379. The molecule has 1 fully saturated rings. The minimum Gasteiger partial charge on any atom is -0.354 e.